The minimum atomic E-state index is 0.168. The molecule has 1 N–H and O–H groups in total. The van der Waals surface area contributed by atoms with Gasteiger partial charge in [0, 0.05) is 25.1 Å². The van der Waals surface area contributed by atoms with Crippen LogP contribution in [0.4, 0.5) is 0 Å². The number of fused-ring (bicyclic) bond motifs is 1. The number of hydrogen-bond donors (Lipinski definition) is 1. The number of ether oxygens (including phenoxy) is 1. The second kappa shape index (κ2) is 3.96. The Kier molecular flexibility index (Phi) is 2.89. The molecule has 1 aromatic heterocycles. The van der Waals surface area contributed by atoms with Gasteiger partial charge in [0.15, 0.2) is 0 Å². The van der Waals surface area contributed by atoms with E-state index in [-0.39, 0.29) is 6.10 Å². The molecule has 1 unspecified atom stereocenters. The number of thiophene rings is 1. The van der Waals surface area contributed by atoms with Crippen LogP contribution in [0.2, 0.25) is 4.34 Å². The Bertz CT molecular complexity index is 300. The van der Waals surface area contributed by atoms with E-state index < -0.39 is 0 Å². The Labute approximate surface area is 86.9 Å². The van der Waals surface area contributed by atoms with Crippen molar-refractivity contribution in [2.45, 2.75) is 12.5 Å². The van der Waals surface area contributed by atoms with Gasteiger partial charge >= 0.3 is 0 Å². The first-order valence-corrected chi connectivity index (χ1v) is 5.52. The third kappa shape index (κ3) is 1.89. The van der Waals surface area contributed by atoms with Crippen LogP contribution in [-0.4, -0.2) is 20.2 Å². The van der Waals surface area contributed by atoms with Crippen LogP contribution in [-0.2, 0) is 11.2 Å². The highest BCUT2D eigenvalue weighted by molar-refractivity contribution is 7.16. The first-order valence-electron chi connectivity index (χ1n) is 4.33. The summed E-state index contributed by atoms with van der Waals surface area (Å²) >= 11 is 7.64. The van der Waals surface area contributed by atoms with E-state index in [1.807, 2.05) is 6.07 Å². The van der Waals surface area contributed by atoms with Gasteiger partial charge in [0.1, 0.15) is 0 Å². The van der Waals surface area contributed by atoms with E-state index in [9.17, 15) is 0 Å². The molecule has 2 heterocycles. The molecule has 0 fully saturated rings. The molecular weight excluding hydrogens is 206 g/mol. The SMILES string of the molecule is COC1CNCCc2sc(Cl)cc21. The number of hydrogen-bond acceptors (Lipinski definition) is 3. The molecule has 2 nitrogen and oxygen atoms in total. The Morgan fingerprint density at radius 2 is 2.54 bits per heavy atom. The fourth-order valence-electron chi connectivity index (χ4n) is 1.63. The van der Waals surface area contributed by atoms with Crippen molar-refractivity contribution in [2.24, 2.45) is 0 Å². The fourth-order valence-corrected chi connectivity index (χ4v) is 2.96. The molecule has 0 saturated carbocycles. The molecule has 1 atom stereocenters. The highest BCUT2D eigenvalue weighted by Crippen LogP contribution is 2.33. The van der Waals surface area contributed by atoms with E-state index in [1.54, 1.807) is 18.4 Å². The standard InChI is InChI=1S/C9H12ClNOS/c1-12-7-5-11-3-2-8-6(7)4-9(10)13-8/h4,7,11H,2-3,5H2,1H3. The average molecular weight is 218 g/mol. The third-order valence-corrected chi connectivity index (χ3v) is 3.64. The van der Waals surface area contributed by atoms with Crippen molar-refractivity contribution in [1.29, 1.82) is 0 Å². The van der Waals surface area contributed by atoms with Gasteiger partial charge in [0.2, 0.25) is 0 Å². The van der Waals surface area contributed by atoms with E-state index in [4.69, 9.17) is 16.3 Å². The van der Waals surface area contributed by atoms with E-state index >= 15 is 0 Å². The molecule has 0 spiro atoms. The lowest BCUT2D eigenvalue weighted by Crippen LogP contribution is -2.21. The molecule has 4 heteroatoms. The molecule has 2 rings (SSSR count). The Balaban J connectivity index is 2.34. The van der Waals surface area contributed by atoms with Gasteiger partial charge in [-0.2, -0.15) is 0 Å². The maximum Gasteiger partial charge on any atom is 0.0956 e. The Morgan fingerprint density at radius 1 is 1.69 bits per heavy atom. The summed E-state index contributed by atoms with van der Waals surface area (Å²) in [6, 6.07) is 2.03. The lowest BCUT2D eigenvalue weighted by Gasteiger charge is -2.12. The van der Waals surface area contributed by atoms with Crippen molar-refractivity contribution >= 4 is 22.9 Å². The Morgan fingerprint density at radius 3 is 3.31 bits per heavy atom. The normalized spacial score (nSPS) is 22.5. The van der Waals surface area contributed by atoms with Crippen LogP contribution in [0, 0.1) is 0 Å². The van der Waals surface area contributed by atoms with Crippen LogP contribution in [0.5, 0.6) is 0 Å². The maximum absolute atomic E-state index is 5.97. The van der Waals surface area contributed by atoms with Crippen molar-refractivity contribution in [1.82, 2.24) is 5.32 Å². The van der Waals surface area contributed by atoms with Gasteiger partial charge in [-0.05, 0) is 18.1 Å². The van der Waals surface area contributed by atoms with Crippen molar-refractivity contribution in [3.8, 4) is 0 Å². The summed E-state index contributed by atoms with van der Waals surface area (Å²) in [6.07, 6.45) is 1.23. The molecule has 0 bridgehead atoms. The first kappa shape index (κ1) is 9.46. The molecule has 72 valence electrons. The molecule has 0 aromatic carbocycles. The van der Waals surface area contributed by atoms with Crippen LogP contribution in [0.3, 0.4) is 0 Å². The highest BCUT2D eigenvalue weighted by atomic mass is 35.5. The molecule has 1 aliphatic heterocycles. The fraction of sp³-hybridized carbons (Fsp3) is 0.556. The third-order valence-electron chi connectivity index (χ3n) is 2.30. The van der Waals surface area contributed by atoms with E-state index in [2.05, 4.69) is 5.32 Å². The molecule has 13 heavy (non-hydrogen) atoms. The van der Waals surface area contributed by atoms with Gasteiger partial charge in [0.25, 0.3) is 0 Å². The summed E-state index contributed by atoms with van der Waals surface area (Å²) in [4.78, 5) is 1.36. The summed E-state index contributed by atoms with van der Waals surface area (Å²) in [5.74, 6) is 0. The van der Waals surface area contributed by atoms with E-state index in [1.165, 1.54) is 10.4 Å². The topological polar surface area (TPSA) is 21.3 Å². The summed E-state index contributed by atoms with van der Waals surface area (Å²) in [6.45, 7) is 1.90. The van der Waals surface area contributed by atoms with Gasteiger partial charge < -0.3 is 10.1 Å². The number of nitrogens with one attached hydrogen (secondary N) is 1. The minimum absolute atomic E-state index is 0.168. The number of methoxy groups -OCH3 is 1. The summed E-state index contributed by atoms with van der Waals surface area (Å²) in [5, 5.41) is 3.34. The predicted molar refractivity (Wildman–Crippen MR) is 55.7 cm³/mol. The van der Waals surface area contributed by atoms with Gasteiger partial charge in [-0.25, -0.2) is 0 Å². The largest absolute Gasteiger partial charge is 0.375 e. The molecule has 1 aliphatic rings. The molecule has 0 saturated heterocycles. The average Bonchev–Trinajstić information content (AvgIpc) is 2.37. The van der Waals surface area contributed by atoms with Gasteiger partial charge in [-0.3, -0.25) is 0 Å². The van der Waals surface area contributed by atoms with Crippen molar-refractivity contribution in [3.05, 3.63) is 20.8 Å². The second-order valence-corrected chi connectivity index (χ2v) is 4.88. The zero-order valence-corrected chi connectivity index (χ0v) is 9.04. The minimum Gasteiger partial charge on any atom is -0.375 e. The smallest absolute Gasteiger partial charge is 0.0956 e. The molecule has 0 amide bonds. The quantitative estimate of drug-likeness (QED) is 0.779. The summed E-state index contributed by atoms with van der Waals surface area (Å²) in [7, 11) is 1.74. The van der Waals surface area contributed by atoms with Crippen LogP contribution in [0.25, 0.3) is 0 Å². The zero-order chi connectivity index (χ0) is 9.26. The van der Waals surface area contributed by atoms with Crippen LogP contribution >= 0.6 is 22.9 Å². The zero-order valence-electron chi connectivity index (χ0n) is 7.47. The van der Waals surface area contributed by atoms with Crippen molar-refractivity contribution in [2.75, 3.05) is 20.2 Å². The van der Waals surface area contributed by atoms with Gasteiger partial charge in [-0.15, -0.1) is 11.3 Å². The molecule has 0 radical (unpaired) electrons. The lowest BCUT2D eigenvalue weighted by atomic mass is 10.1. The molecule has 0 aliphatic carbocycles. The summed E-state index contributed by atoms with van der Waals surface area (Å²) < 4.78 is 6.27. The molecular formula is C9H12ClNOS. The predicted octanol–water partition coefficient (Wildman–Crippen LogP) is 2.23. The first-order chi connectivity index (χ1) is 6.31. The monoisotopic (exact) mass is 217 g/mol. The Hall–Kier alpha value is -0.0900. The van der Waals surface area contributed by atoms with Gasteiger partial charge in [0.05, 0.1) is 10.4 Å². The van der Waals surface area contributed by atoms with Crippen LogP contribution < -0.4 is 5.32 Å². The van der Waals surface area contributed by atoms with Crippen LogP contribution in [0.15, 0.2) is 6.07 Å². The number of rotatable bonds is 1. The van der Waals surface area contributed by atoms with Crippen molar-refractivity contribution < 1.29 is 4.74 Å². The van der Waals surface area contributed by atoms with Crippen LogP contribution in [0.1, 0.15) is 16.5 Å². The highest BCUT2D eigenvalue weighted by Gasteiger charge is 2.20. The summed E-state index contributed by atoms with van der Waals surface area (Å²) in [5.41, 5.74) is 1.27. The van der Waals surface area contributed by atoms with Crippen molar-refractivity contribution in [3.63, 3.8) is 0 Å². The van der Waals surface area contributed by atoms with Gasteiger partial charge in [-0.1, -0.05) is 11.6 Å². The molecule has 1 aromatic rings. The maximum atomic E-state index is 5.97. The van der Waals surface area contributed by atoms with E-state index in [0.717, 1.165) is 23.8 Å². The lowest BCUT2D eigenvalue weighted by molar-refractivity contribution is 0.105. The second-order valence-electron chi connectivity index (χ2n) is 3.11. The van der Waals surface area contributed by atoms with E-state index in [0.29, 0.717) is 0 Å². The number of halogens is 1.